The van der Waals surface area contributed by atoms with Gasteiger partial charge in [0.15, 0.2) is 0 Å². The highest BCUT2D eigenvalue weighted by Gasteiger charge is 2.09. The molecular weight excluding hydrogens is 138 g/mol. The number of unbranched alkanes of at least 4 members (excludes halogenated alkanes) is 2. The topological polar surface area (TPSA) is 23.5 Å². The highest BCUT2D eigenvalue weighted by molar-refractivity contribution is 4.65. The van der Waals surface area contributed by atoms with Crippen molar-refractivity contribution in [3.63, 3.8) is 0 Å². The molecule has 0 amide bonds. The molecule has 0 aromatic rings. The van der Waals surface area contributed by atoms with Crippen LogP contribution in [0.25, 0.3) is 0 Å². The molecule has 1 heterocycles. The molecule has 66 valence electrons. The Labute approximate surface area is 69.2 Å². The summed E-state index contributed by atoms with van der Waals surface area (Å²) >= 11 is 0. The number of aliphatic hydroxyl groups excluding tert-OH is 1. The smallest absolute Gasteiger partial charge is 0.0431 e. The lowest BCUT2D eigenvalue weighted by Crippen LogP contribution is -2.20. The van der Waals surface area contributed by atoms with E-state index in [1.165, 1.54) is 45.3 Å². The van der Waals surface area contributed by atoms with Gasteiger partial charge >= 0.3 is 0 Å². The van der Waals surface area contributed by atoms with E-state index >= 15 is 0 Å². The van der Waals surface area contributed by atoms with Crippen molar-refractivity contribution in [2.24, 2.45) is 0 Å². The lowest BCUT2D eigenvalue weighted by molar-refractivity contribution is 0.273. The number of aliphatic hydroxyl groups is 1. The Kier molecular flexibility index (Phi) is 4.55. The van der Waals surface area contributed by atoms with E-state index < -0.39 is 0 Å². The Morgan fingerprint density at radius 2 is 1.73 bits per heavy atom. The summed E-state index contributed by atoms with van der Waals surface area (Å²) in [5.41, 5.74) is 0. The maximum atomic E-state index is 8.54. The lowest BCUT2D eigenvalue weighted by atomic mass is 10.2. The molecule has 0 unspecified atom stereocenters. The SMILES string of the molecule is OCCCCCN1CCCC1. The fraction of sp³-hybridized carbons (Fsp3) is 1.00. The van der Waals surface area contributed by atoms with Gasteiger partial charge in [-0.25, -0.2) is 0 Å². The van der Waals surface area contributed by atoms with Gasteiger partial charge in [0.1, 0.15) is 0 Å². The first-order valence-corrected chi connectivity index (χ1v) is 4.76. The zero-order valence-electron chi connectivity index (χ0n) is 7.26. The Hall–Kier alpha value is -0.0800. The Bertz CT molecular complexity index is 89.6. The van der Waals surface area contributed by atoms with Crippen LogP contribution in [-0.4, -0.2) is 36.2 Å². The van der Waals surface area contributed by atoms with Crippen LogP contribution in [0.15, 0.2) is 0 Å². The fourth-order valence-corrected chi connectivity index (χ4v) is 1.63. The van der Waals surface area contributed by atoms with E-state index in [0.29, 0.717) is 6.61 Å². The van der Waals surface area contributed by atoms with Crippen LogP contribution in [0.1, 0.15) is 32.1 Å². The third kappa shape index (κ3) is 3.73. The van der Waals surface area contributed by atoms with Crippen LogP contribution in [0.3, 0.4) is 0 Å². The average molecular weight is 157 g/mol. The van der Waals surface area contributed by atoms with Crippen molar-refractivity contribution in [2.45, 2.75) is 32.1 Å². The van der Waals surface area contributed by atoms with Crippen LogP contribution >= 0.6 is 0 Å². The number of hydrogen-bond acceptors (Lipinski definition) is 2. The summed E-state index contributed by atoms with van der Waals surface area (Å²) in [6.07, 6.45) is 6.21. The molecule has 0 radical (unpaired) electrons. The van der Waals surface area contributed by atoms with Crippen molar-refractivity contribution in [1.29, 1.82) is 0 Å². The molecular formula is C9H19NO. The standard InChI is InChI=1S/C9H19NO/c11-9-5-1-2-6-10-7-3-4-8-10/h11H,1-9H2. The van der Waals surface area contributed by atoms with Crippen molar-refractivity contribution in [3.05, 3.63) is 0 Å². The molecule has 0 aromatic carbocycles. The summed E-state index contributed by atoms with van der Waals surface area (Å²) in [5, 5.41) is 8.54. The molecule has 0 aliphatic carbocycles. The van der Waals surface area contributed by atoms with E-state index in [0.717, 1.165) is 6.42 Å². The Morgan fingerprint density at radius 1 is 1.00 bits per heavy atom. The van der Waals surface area contributed by atoms with Gasteiger partial charge in [-0.2, -0.15) is 0 Å². The second-order valence-electron chi connectivity index (χ2n) is 3.33. The first-order valence-electron chi connectivity index (χ1n) is 4.76. The number of likely N-dealkylation sites (tertiary alicyclic amines) is 1. The maximum Gasteiger partial charge on any atom is 0.0431 e. The predicted molar refractivity (Wildman–Crippen MR) is 46.6 cm³/mol. The zero-order chi connectivity index (χ0) is 7.94. The molecule has 1 saturated heterocycles. The van der Waals surface area contributed by atoms with Crippen LogP contribution in [0.4, 0.5) is 0 Å². The van der Waals surface area contributed by atoms with Gasteiger partial charge in [0.25, 0.3) is 0 Å². The predicted octanol–water partition coefficient (Wildman–Crippen LogP) is 1.24. The molecule has 1 rings (SSSR count). The quantitative estimate of drug-likeness (QED) is 0.607. The minimum atomic E-state index is 0.361. The Morgan fingerprint density at radius 3 is 2.36 bits per heavy atom. The van der Waals surface area contributed by atoms with Gasteiger partial charge in [0.2, 0.25) is 0 Å². The van der Waals surface area contributed by atoms with Crippen LogP contribution in [0.5, 0.6) is 0 Å². The van der Waals surface area contributed by atoms with Gasteiger partial charge in [-0.15, -0.1) is 0 Å². The third-order valence-corrected chi connectivity index (χ3v) is 2.33. The fourth-order valence-electron chi connectivity index (χ4n) is 1.63. The number of nitrogens with zero attached hydrogens (tertiary/aromatic N) is 1. The Balaban J connectivity index is 1.86. The van der Waals surface area contributed by atoms with E-state index in [2.05, 4.69) is 4.90 Å². The minimum absolute atomic E-state index is 0.361. The second kappa shape index (κ2) is 5.56. The van der Waals surface area contributed by atoms with Crippen molar-refractivity contribution < 1.29 is 5.11 Å². The molecule has 1 N–H and O–H groups in total. The van der Waals surface area contributed by atoms with Crippen molar-refractivity contribution in [1.82, 2.24) is 4.90 Å². The van der Waals surface area contributed by atoms with Crippen molar-refractivity contribution >= 4 is 0 Å². The van der Waals surface area contributed by atoms with Crippen LogP contribution in [0, 0.1) is 0 Å². The van der Waals surface area contributed by atoms with Crippen molar-refractivity contribution in [2.75, 3.05) is 26.2 Å². The molecule has 1 fully saturated rings. The molecule has 0 atom stereocenters. The summed E-state index contributed by atoms with van der Waals surface area (Å²) in [7, 11) is 0. The highest BCUT2D eigenvalue weighted by Crippen LogP contribution is 2.08. The molecule has 2 heteroatoms. The summed E-state index contributed by atoms with van der Waals surface area (Å²) in [5.74, 6) is 0. The molecule has 1 aliphatic rings. The van der Waals surface area contributed by atoms with Crippen LogP contribution in [0.2, 0.25) is 0 Å². The first kappa shape index (κ1) is 9.01. The first-order chi connectivity index (χ1) is 5.43. The van der Waals surface area contributed by atoms with Gasteiger partial charge < -0.3 is 10.0 Å². The molecule has 0 aromatic heterocycles. The number of rotatable bonds is 5. The van der Waals surface area contributed by atoms with Gasteiger partial charge in [0.05, 0.1) is 0 Å². The second-order valence-corrected chi connectivity index (χ2v) is 3.33. The summed E-state index contributed by atoms with van der Waals surface area (Å²) in [4.78, 5) is 2.53. The zero-order valence-corrected chi connectivity index (χ0v) is 7.26. The largest absolute Gasteiger partial charge is 0.396 e. The van der Waals surface area contributed by atoms with Gasteiger partial charge in [-0.1, -0.05) is 0 Å². The van der Waals surface area contributed by atoms with Gasteiger partial charge in [0, 0.05) is 6.61 Å². The van der Waals surface area contributed by atoms with Crippen molar-refractivity contribution in [3.8, 4) is 0 Å². The van der Waals surface area contributed by atoms with E-state index in [1.54, 1.807) is 0 Å². The average Bonchev–Trinajstić information content (AvgIpc) is 2.50. The molecule has 1 aliphatic heterocycles. The number of hydrogen-bond donors (Lipinski definition) is 1. The normalized spacial score (nSPS) is 19.4. The van der Waals surface area contributed by atoms with Crippen LogP contribution in [-0.2, 0) is 0 Å². The lowest BCUT2D eigenvalue weighted by Gasteiger charge is -2.13. The molecule has 11 heavy (non-hydrogen) atoms. The van der Waals surface area contributed by atoms with Crippen LogP contribution < -0.4 is 0 Å². The van der Waals surface area contributed by atoms with E-state index in [9.17, 15) is 0 Å². The highest BCUT2D eigenvalue weighted by atomic mass is 16.2. The monoisotopic (exact) mass is 157 g/mol. The summed E-state index contributed by atoms with van der Waals surface area (Å²) in [6.45, 7) is 4.22. The molecule has 0 spiro atoms. The van der Waals surface area contributed by atoms with E-state index in [-0.39, 0.29) is 0 Å². The van der Waals surface area contributed by atoms with E-state index in [4.69, 9.17) is 5.11 Å². The minimum Gasteiger partial charge on any atom is -0.396 e. The molecule has 0 saturated carbocycles. The molecule has 0 bridgehead atoms. The van der Waals surface area contributed by atoms with Gasteiger partial charge in [-0.3, -0.25) is 0 Å². The van der Waals surface area contributed by atoms with Gasteiger partial charge in [-0.05, 0) is 51.7 Å². The summed E-state index contributed by atoms with van der Waals surface area (Å²) in [6, 6.07) is 0. The van der Waals surface area contributed by atoms with E-state index in [1.807, 2.05) is 0 Å². The third-order valence-electron chi connectivity index (χ3n) is 2.33. The maximum absolute atomic E-state index is 8.54. The molecule has 2 nitrogen and oxygen atoms in total. The summed E-state index contributed by atoms with van der Waals surface area (Å²) < 4.78 is 0.